The number of rotatable bonds is 7. The van der Waals surface area contributed by atoms with Crippen LogP contribution in [0.3, 0.4) is 0 Å². The van der Waals surface area contributed by atoms with Gasteiger partial charge in [-0.15, -0.1) is 24.0 Å². The minimum absolute atomic E-state index is 0. The van der Waals surface area contributed by atoms with Gasteiger partial charge in [-0.1, -0.05) is 6.07 Å². The molecule has 0 fully saturated rings. The summed E-state index contributed by atoms with van der Waals surface area (Å²) >= 11 is 0. The third-order valence-electron chi connectivity index (χ3n) is 3.62. The van der Waals surface area contributed by atoms with Crippen LogP contribution in [0.15, 0.2) is 47.5 Å². The van der Waals surface area contributed by atoms with E-state index in [-0.39, 0.29) is 35.9 Å². The first-order valence-electron chi connectivity index (χ1n) is 8.48. The van der Waals surface area contributed by atoms with Crippen LogP contribution in [0, 0.1) is 5.82 Å². The molecule has 0 spiro atoms. The number of anilines is 1. The first-order valence-corrected chi connectivity index (χ1v) is 8.48. The Morgan fingerprint density at radius 2 is 1.89 bits per heavy atom. The number of aliphatic imine (C=N–C) groups is 1. The first-order chi connectivity index (χ1) is 12.5. The highest BCUT2D eigenvalue weighted by molar-refractivity contribution is 14.0. The third kappa shape index (κ3) is 7.98. The zero-order valence-electron chi connectivity index (χ0n) is 16.1. The second kappa shape index (κ2) is 11.6. The molecule has 27 heavy (non-hydrogen) atoms. The molecular weight excluding hydrogens is 460 g/mol. The van der Waals surface area contributed by atoms with E-state index >= 15 is 0 Å². The van der Waals surface area contributed by atoms with Crippen LogP contribution < -0.4 is 20.3 Å². The quantitative estimate of drug-likeness (QED) is 0.357. The molecule has 0 saturated heterocycles. The van der Waals surface area contributed by atoms with Crippen LogP contribution in [-0.4, -0.2) is 44.7 Å². The molecule has 1 heterocycles. The zero-order valence-corrected chi connectivity index (χ0v) is 18.4. The molecule has 2 rings (SSSR count). The van der Waals surface area contributed by atoms with E-state index in [2.05, 4.69) is 20.6 Å². The van der Waals surface area contributed by atoms with Gasteiger partial charge in [0.05, 0.1) is 18.8 Å². The van der Waals surface area contributed by atoms with Crippen LogP contribution in [0.25, 0.3) is 0 Å². The molecule has 8 heteroatoms. The van der Waals surface area contributed by atoms with E-state index in [1.54, 1.807) is 19.2 Å². The molecule has 1 aromatic heterocycles. The highest BCUT2D eigenvalue weighted by atomic mass is 127. The maximum Gasteiger partial charge on any atom is 0.191 e. The van der Waals surface area contributed by atoms with Gasteiger partial charge in [0.25, 0.3) is 0 Å². The second-order valence-corrected chi connectivity index (χ2v) is 6.07. The van der Waals surface area contributed by atoms with Gasteiger partial charge in [-0.25, -0.2) is 9.37 Å². The third-order valence-corrected chi connectivity index (χ3v) is 3.62. The molecule has 2 N–H and O–H groups in total. The van der Waals surface area contributed by atoms with Crippen LogP contribution in [-0.2, 0) is 6.54 Å². The average Bonchev–Trinajstić information content (AvgIpc) is 2.64. The molecule has 0 aliphatic rings. The lowest BCUT2D eigenvalue weighted by Gasteiger charge is -2.18. The lowest BCUT2D eigenvalue weighted by molar-refractivity contribution is 0.223. The van der Waals surface area contributed by atoms with Gasteiger partial charge in [-0.2, -0.15) is 0 Å². The number of guanidine groups is 1. The lowest BCUT2D eigenvalue weighted by atomic mass is 10.3. The van der Waals surface area contributed by atoms with Crippen LogP contribution in [0.5, 0.6) is 5.75 Å². The molecule has 6 nitrogen and oxygen atoms in total. The summed E-state index contributed by atoms with van der Waals surface area (Å²) < 4.78 is 18.7. The molecule has 0 bridgehead atoms. The molecule has 1 atom stereocenters. The fourth-order valence-corrected chi connectivity index (χ4v) is 2.24. The predicted octanol–water partition coefficient (Wildman–Crippen LogP) is 3.04. The summed E-state index contributed by atoms with van der Waals surface area (Å²) in [7, 11) is 5.63. The SMILES string of the molecule is CN=C(NCc1cccc(N(C)C)n1)NCC(C)Oc1ccc(F)cc1.I. The van der Waals surface area contributed by atoms with Gasteiger partial charge in [0.2, 0.25) is 0 Å². The molecule has 0 aliphatic heterocycles. The predicted molar refractivity (Wildman–Crippen MR) is 119 cm³/mol. The molecule has 2 aromatic rings. The molecule has 0 saturated carbocycles. The number of pyridine rings is 1. The van der Waals surface area contributed by atoms with E-state index in [0.717, 1.165) is 11.5 Å². The van der Waals surface area contributed by atoms with E-state index in [4.69, 9.17) is 4.74 Å². The Balaban J connectivity index is 0.00000364. The first kappa shape index (κ1) is 22.9. The normalized spacial score (nSPS) is 12.0. The van der Waals surface area contributed by atoms with Gasteiger partial charge in [0.15, 0.2) is 5.96 Å². The second-order valence-electron chi connectivity index (χ2n) is 6.07. The molecular formula is C19H27FIN5O. The lowest BCUT2D eigenvalue weighted by Crippen LogP contribution is -2.41. The van der Waals surface area contributed by atoms with Crippen molar-refractivity contribution in [1.82, 2.24) is 15.6 Å². The Morgan fingerprint density at radius 3 is 2.52 bits per heavy atom. The van der Waals surface area contributed by atoms with Gasteiger partial charge in [-0.05, 0) is 43.3 Å². The number of hydrogen-bond donors (Lipinski definition) is 2. The highest BCUT2D eigenvalue weighted by Crippen LogP contribution is 2.12. The Kier molecular flexibility index (Phi) is 9.84. The van der Waals surface area contributed by atoms with Gasteiger partial charge in [0, 0.05) is 21.1 Å². The average molecular weight is 487 g/mol. The van der Waals surface area contributed by atoms with Crippen molar-refractivity contribution in [2.75, 3.05) is 32.6 Å². The number of nitrogens with one attached hydrogen (secondary N) is 2. The van der Waals surface area contributed by atoms with Crippen molar-refractivity contribution in [3.8, 4) is 5.75 Å². The number of aromatic nitrogens is 1. The number of benzene rings is 1. The minimum Gasteiger partial charge on any atom is -0.489 e. The molecule has 148 valence electrons. The van der Waals surface area contributed by atoms with Gasteiger partial charge < -0.3 is 20.3 Å². The highest BCUT2D eigenvalue weighted by Gasteiger charge is 2.07. The number of hydrogen-bond acceptors (Lipinski definition) is 4. The molecule has 0 radical (unpaired) electrons. The van der Waals surface area contributed by atoms with Gasteiger partial charge >= 0.3 is 0 Å². The van der Waals surface area contributed by atoms with Crippen molar-refractivity contribution in [3.63, 3.8) is 0 Å². The molecule has 0 aliphatic carbocycles. The fraction of sp³-hybridized carbons (Fsp3) is 0.368. The van der Waals surface area contributed by atoms with Crippen molar-refractivity contribution < 1.29 is 9.13 Å². The van der Waals surface area contributed by atoms with Crippen LogP contribution in [0.1, 0.15) is 12.6 Å². The van der Waals surface area contributed by atoms with Gasteiger partial charge in [0.1, 0.15) is 23.5 Å². The van der Waals surface area contributed by atoms with E-state index in [1.807, 2.05) is 44.1 Å². The number of halogens is 2. The Labute approximate surface area is 177 Å². The Bertz CT molecular complexity index is 724. The summed E-state index contributed by atoms with van der Waals surface area (Å²) in [5, 5.41) is 6.44. The smallest absolute Gasteiger partial charge is 0.191 e. The topological polar surface area (TPSA) is 61.8 Å². The summed E-state index contributed by atoms with van der Waals surface area (Å²) in [4.78, 5) is 10.7. The van der Waals surface area contributed by atoms with Crippen LogP contribution >= 0.6 is 24.0 Å². The Morgan fingerprint density at radius 1 is 1.19 bits per heavy atom. The molecule has 1 aromatic carbocycles. The van der Waals surface area contributed by atoms with E-state index in [1.165, 1.54) is 12.1 Å². The monoisotopic (exact) mass is 487 g/mol. The Hall–Kier alpha value is -2.10. The van der Waals surface area contributed by atoms with Gasteiger partial charge in [-0.3, -0.25) is 4.99 Å². The summed E-state index contributed by atoms with van der Waals surface area (Å²) in [6.07, 6.45) is -0.103. The minimum atomic E-state index is -0.278. The fourth-order valence-electron chi connectivity index (χ4n) is 2.24. The van der Waals surface area contributed by atoms with Crippen LogP contribution in [0.2, 0.25) is 0 Å². The number of ether oxygens (including phenoxy) is 1. The molecule has 0 amide bonds. The van der Waals surface area contributed by atoms with E-state index in [9.17, 15) is 4.39 Å². The molecule has 1 unspecified atom stereocenters. The summed E-state index contributed by atoms with van der Waals surface area (Å²) in [6, 6.07) is 11.9. The van der Waals surface area contributed by atoms with Crippen molar-refractivity contribution in [2.45, 2.75) is 19.6 Å². The summed E-state index contributed by atoms with van der Waals surface area (Å²) in [6.45, 7) is 3.06. The van der Waals surface area contributed by atoms with E-state index < -0.39 is 0 Å². The zero-order chi connectivity index (χ0) is 18.9. The summed E-state index contributed by atoms with van der Waals surface area (Å²) in [5.74, 6) is 1.93. The van der Waals surface area contributed by atoms with Crippen molar-refractivity contribution >= 4 is 35.8 Å². The van der Waals surface area contributed by atoms with E-state index in [0.29, 0.717) is 24.8 Å². The maximum absolute atomic E-state index is 12.9. The largest absolute Gasteiger partial charge is 0.489 e. The van der Waals surface area contributed by atoms with Crippen molar-refractivity contribution in [2.24, 2.45) is 4.99 Å². The standard InChI is InChI=1S/C19H26FN5O.HI/c1-14(26-17-10-8-15(20)9-11-17)12-22-19(21-2)23-13-16-6-5-7-18(24-16)25(3)4;/h5-11,14H,12-13H2,1-4H3,(H2,21,22,23);1H. The van der Waals surface area contributed by atoms with Crippen molar-refractivity contribution in [3.05, 3.63) is 54.0 Å². The van der Waals surface area contributed by atoms with Crippen molar-refractivity contribution in [1.29, 1.82) is 0 Å². The van der Waals surface area contributed by atoms with Crippen LogP contribution in [0.4, 0.5) is 10.2 Å². The maximum atomic E-state index is 12.9. The number of nitrogens with zero attached hydrogens (tertiary/aromatic N) is 3. The summed E-state index contributed by atoms with van der Waals surface area (Å²) in [5.41, 5.74) is 0.926.